The molecule has 30 heavy (non-hydrogen) atoms. The van der Waals surface area contributed by atoms with Gasteiger partial charge in [-0.1, -0.05) is 36.6 Å². The molecule has 154 valence electrons. The number of hydrogen-bond acceptors (Lipinski definition) is 3. The van der Waals surface area contributed by atoms with Crippen LogP contribution in [0.3, 0.4) is 0 Å². The van der Waals surface area contributed by atoms with Gasteiger partial charge in [0.2, 0.25) is 5.78 Å². The van der Waals surface area contributed by atoms with E-state index in [4.69, 9.17) is 11.6 Å². The van der Waals surface area contributed by atoms with E-state index in [2.05, 4.69) is 37.5 Å². The van der Waals surface area contributed by atoms with E-state index in [0.717, 1.165) is 42.7 Å². The molecule has 4 aromatic rings. The Morgan fingerprint density at radius 3 is 2.57 bits per heavy atom. The average Bonchev–Trinajstić information content (AvgIpc) is 3.39. The molecule has 1 saturated carbocycles. The number of benzene rings is 2. The SMILES string of the molecule is O=c1nc2n(C3CCCC3)c3cc(C4CCNCC4)ccc3n2c2cccc(Cl)c12. The minimum absolute atomic E-state index is 0.240. The Labute approximate surface area is 179 Å². The lowest BCUT2D eigenvalue weighted by Gasteiger charge is -2.23. The van der Waals surface area contributed by atoms with Gasteiger partial charge in [-0.3, -0.25) is 9.20 Å². The first kappa shape index (κ1) is 18.4. The molecule has 6 rings (SSSR count). The number of aromatic nitrogens is 3. The van der Waals surface area contributed by atoms with E-state index < -0.39 is 0 Å². The van der Waals surface area contributed by atoms with E-state index >= 15 is 0 Å². The Hall–Kier alpha value is -2.37. The van der Waals surface area contributed by atoms with Crippen LogP contribution in [0.25, 0.3) is 27.7 Å². The number of rotatable bonds is 2. The van der Waals surface area contributed by atoms with Gasteiger partial charge < -0.3 is 9.88 Å². The van der Waals surface area contributed by atoms with Crippen molar-refractivity contribution in [3.8, 4) is 0 Å². The van der Waals surface area contributed by atoms with Crippen molar-refractivity contribution in [2.45, 2.75) is 50.5 Å². The van der Waals surface area contributed by atoms with Crippen LogP contribution in [0.15, 0.2) is 41.2 Å². The highest BCUT2D eigenvalue weighted by Gasteiger charge is 2.25. The van der Waals surface area contributed by atoms with E-state index in [1.807, 2.05) is 12.1 Å². The van der Waals surface area contributed by atoms with Crippen LogP contribution in [0.4, 0.5) is 0 Å². The number of imidazole rings is 1. The zero-order valence-corrected chi connectivity index (χ0v) is 17.7. The average molecular weight is 421 g/mol. The van der Waals surface area contributed by atoms with Gasteiger partial charge in [0.25, 0.3) is 5.56 Å². The van der Waals surface area contributed by atoms with Gasteiger partial charge >= 0.3 is 0 Å². The van der Waals surface area contributed by atoms with Crippen LogP contribution in [0.5, 0.6) is 0 Å². The van der Waals surface area contributed by atoms with Crippen LogP contribution < -0.4 is 10.9 Å². The molecule has 1 aliphatic heterocycles. The summed E-state index contributed by atoms with van der Waals surface area (Å²) in [5, 5.41) is 4.43. The van der Waals surface area contributed by atoms with Gasteiger partial charge in [0.1, 0.15) is 0 Å². The molecule has 6 heteroatoms. The number of fused-ring (bicyclic) bond motifs is 5. The van der Waals surface area contributed by atoms with Crippen molar-refractivity contribution >= 4 is 39.3 Å². The van der Waals surface area contributed by atoms with Gasteiger partial charge in [0.05, 0.1) is 27.0 Å². The number of nitrogens with one attached hydrogen (secondary N) is 1. The van der Waals surface area contributed by atoms with Crippen LogP contribution in [-0.4, -0.2) is 27.0 Å². The molecule has 1 saturated heterocycles. The Morgan fingerprint density at radius 1 is 0.967 bits per heavy atom. The third kappa shape index (κ3) is 2.72. The molecule has 1 aliphatic carbocycles. The maximum absolute atomic E-state index is 12.9. The summed E-state index contributed by atoms with van der Waals surface area (Å²) in [5.74, 6) is 1.34. The van der Waals surface area contributed by atoms with E-state index in [-0.39, 0.29) is 5.56 Å². The van der Waals surface area contributed by atoms with Gasteiger partial charge in [-0.05, 0) is 74.5 Å². The lowest BCUT2D eigenvalue weighted by Crippen LogP contribution is -2.26. The van der Waals surface area contributed by atoms with E-state index in [0.29, 0.717) is 22.4 Å². The fourth-order valence-electron chi connectivity index (χ4n) is 5.58. The summed E-state index contributed by atoms with van der Waals surface area (Å²) in [6.07, 6.45) is 7.08. The topological polar surface area (TPSA) is 51.3 Å². The van der Waals surface area contributed by atoms with Crippen molar-refractivity contribution in [1.29, 1.82) is 0 Å². The molecule has 2 fully saturated rings. The van der Waals surface area contributed by atoms with Gasteiger partial charge in [-0.25, -0.2) is 0 Å². The highest BCUT2D eigenvalue weighted by Crippen LogP contribution is 2.37. The smallest absolute Gasteiger partial charge is 0.283 e. The highest BCUT2D eigenvalue weighted by molar-refractivity contribution is 6.35. The molecule has 2 aromatic heterocycles. The van der Waals surface area contributed by atoms with Gasteiger partial charge in [-0.15, -0.1) is 0 Å². The Morgan fingerprint density at radius 2 is 1.77 bits per heavy atom. The summed E-state index contributed by atoms with van der Waals surface area (Å²) in [4.78, 5) is 17.5. The first-order valence-electron chi connectivity index (χ1n) is 11.1. The van der Waals surface area contributed by atoms with Crippen LogP contribution >= 0.6 is 11.6 Å². The van der Waals surface area contributed by atoms with Crippen molar-refractivity contribution in [3.63, 3.8) is 0 Å². The molecular formula is C24H25ClN4O. The molecular weight excluding hydrogens is 396 g/mol. The fraction of sp³-hybridized carbons (Fsp3) is 0.417. The Bertz CT molecular complexity index is 1330. The van der Waals surface area contributed by atoms with E-state index in [1.54, 1.807) is 6.07 Å². The third-order valence-corrected chi connectivity index (χ3v) is 7.38. The van der Waals surface area contributed by atoms with Crippen LogP contribution in [0.2, 0.25) is 5.02 Å². The van der Waals surface area contributed by atoms with Crippen LogP contribution in [-0.2, 0) is 0 Å². The first-order valence-corrected chi connectivity index (χ1v) is 11.5. The minimum atomic E-state index is -0.240. The standard InChI is InChI=1S/C24H25ClN4O/c25-18-6-3-7-20-22(18)23(30)27-24-28(17-4-1-2-5-17)21-14-16(8-9-19(21)29(20)24)15-10-12-26-13-11-15/h3,6-9,14-15,17,26H,1-2,4-5,10-13H2. The third-order valence-electron chi connectivity index (χ3n) is 7.06. The molecule has 2 aromatic carbocycles. The largest absolute Gasteiger partial charge is 0.317 e. The molecule has 0 spiro atoms. The van der Waals surface area contributed by atoms with Gasteiger partial charge in [0, 0.05) is 6.04 Å². The number of hydrogen-bond donors (Lipinski definition) is 1. The van der Waals surface area contributed by atoms with Crippen LogP contribution in [0.1, 0.15) is 56.0 Å². The first-order chi connectivity index (χ1) is 14.7. The monoisotopic (exact) mass is 420 g/mol. The number of piperidine rings is 1. The quantitative estimate of drug-likeness (QED) is 0.494. The molecule has 1 N–H and O–H groups in total. The molecule has 0 bridgehead atoms. The second-order valence-electron chi connectivity index (χ2n) is 8.77. The Kier molecular flexibility index (Phi) is 4.36. The summed E-state index contributed by atoms with van der Waals surface area (Å²) in [7, 11) is 0. The lowest BCUT2D eigenvalue weighted by atomic mass is 9.90. The summed E-state index contributed by atoms with van der Waals surface area (Å²) in [6.45, 7) is 2.15. The molecule has 0 unspecified atom stereocenters. The number of nitrogens with zero attached hydrogens (tertiary/aromatic N) is 3. The maximum Gasteiger partial charge on any atom is 0.283 e. The van der Waals surface area contributed by atoms with Crippen molar-refractivity contribution in [2.75, 3.05) is 13.1 Å². The summed E-state index contributed by atoms with van der Waals surface area (Å²) < 4.78 is 4.48. The molecule has 0 radical (unpaired) electrons. The second kappa shape index (κ2) is 7.10. The van der Waals surface area contributed by atoms with Crippen molar-refractivity contribution in [2.24, 2.45) is 0 Å². The number of halogens is 1. The predicted octanol–water partition coefficient (Wildman–Crippen LogP) is 5.04. The van der Waals surface area contributed by atoms with E-state index in [1.165, 1.54) is 36.8 Å². The van der Waals surface area contributed by atoms with Crippen LogP contribution in [0, 0.1) is 0 Å². The van der Waals surface area contributed by atoms with Gasteiger partial charge in [-0.2, -0.15) is 4.98 Å². The van der Waals surface area contributed by atoms with Crippen molar-refractivity contribution in [3.05, 3.63) is 57.3 Å². The Balaban J connectivity index is 1.71. The van der Waals surface area contributed by atoms with Crippen molar-refractivity contribution in [1.82, 2.24) is 19.3 Å². The van der Waals surface area contributed by atoms with Crippen molar-refractivity contribution < 1.29 is 0 Å². The summed E-state index contributed by atoms with van der Waals surface area (Å²) in [5.41, 5.74) is 4.30. The van der Waals surface area contributed by atoms with Gasteiger partial charge in [0.15, 0.2) is 0 Å². The summed E-state index contributed by atoms with van der Waals surface area (Å²) in [6, 6.07) is 12.9. The lowest BCUT2D eigenvalue weighted by molar-refractivity contribution is 0.460. The minimum Gasteiger partial charge on any atom is -0.317 e. The fourth-order valence-corrected chi connectivity index (χ4v) is 5.83. The molecule has 5 nitrogen and oxygen atoms in total. The zero-order valence-electron chi connectivity index (χ0n) is 16.9. The highest BCUT2D eigenvalue weighted by atomic mass is 35.5. The molecule has 2 aliphatic rings. The zero-order chi connectivity index (χ0) is 20.2. The molecule has 0 atom stereocenters. The molecule has 0 amide bonds. The normalized spacial score (nSPS) is 18.8. The maximum atomic E-state index is 12.9. The molecule has 3 heterocycles. The second-order valence-corrected chi connectivity index (χ2v) is 9.17. The summed E-state index contributed by atoms with van der Waals surface area (Å²) >= 11 is 6.41. The van der Waals surface area contributed by atoms with E-state index in [9.17, 15) is 4.79 Å². The predicted molar refractivity (Wildman–Crippen MR) is 122 cm³/mol.